The molecule has 0 fully saturated rings. The van der Waals surface area contributed by atoms with Gasteiger partial charge in [-0.2, -0.15) is 0 Å². The Morgan fingerprint density at radius 3 is 2.09 bits per heavy atom. The van der Waals surface area contributed by atoms with Gasteiger partial charge in [0.15, 0.2) is 11.5 Å². The Bertz CT molecular complexity index is 1150. The third-order valence-corrected chi connectivity index (χ3v) is 4.00. The number of alkyl halides is 3. The van der Waals surface area contributed by atoms with Crippen LogP contribution in [0.1, 0.15) is 13.3 Å². The summed E-state index contributed by atoms with van der Waals surface area (Å²) in [4.78, 5) is 22.4. The molecule has 0 bridgehead atoms. The van der Waals surface area contributed by atoms with E-state index in [2.05, 4.69) is 4.74 Å². The molecule has 0 saturated carbocycles. The maximum absolute atomic E-state index is 12.3. The number of benzene rings is 3. The molecule has 3 rings (SSSR count). The fourth-order valence-electron chi connectivity index (χ4n) is 2.57. The van der Waals surface area contributed by atoms with Crippen molar-refractivity contribution in [1.29, 1.82) is 0 Å². The molecule has 0 heterocycles. The lowest BCUT2D eigenvalue weighted by Crippen LogP contribution is -2.16. The van der Waals surface area contributed by atoms with Crippen molar-refractivity contribution in [3.05, 3.63) is 76.8 Å². The SMILES string of the molecule is CCC(=O)Oc1ccccc1Oc1cc(Oc2ccc(OC(F)(F)F)cc2)ccc1[N+](=O)[O-]. The van der Waals surface area contributed by atoms with E-state index in [0.29, 0.717) is 0 Å². The second-order valence-electron chi connectivity index (χ2n) is 6.38. The molecule has 0 aliphatic rings. The smallest absolute Gasteiger partial charge is 0.457 e. The summed E-state index contributed by atoms with van der Waals surface area (Å²) in [5.74, 6) is -0.742. The highest BCUT2D eigenvalue weighted by Gasteiger charge is 2.31. The molecule has 11 heteroatoms. The van der Waals surface area contributed by atoms with Crippen LogP contribution in [-0.4, -0.2) is 17.3 Å². The largest absolute Gasteiger partial charge is 0.573 e. The third kappa shape index (κ3) is 6.60. The lowest BCUT2D eigenvalue weighted by Gasteiger charge is -2.13. The van der Waals surface area contributed by atoms with Gasteiger partial charge in [-0.05, 0) is 42.5 Å². The zero-order chi connectivity index (χ0) is 24.0. The number of ether oxygens (including phenoxy) is 4. The van der Waals surface area contributed by atoms with Gasteiger partial charge in [-0.15, -0.1) is 13.2 Å². The Labute approximate surface area is 185 Å². The first-order chi connectivity index (χ1) is 15.6. The molecule has 8 nitrogen and oxygen atoms in total. The van der Waals surface area contributed by atoms with E-state index in [1.54, 1.807) is 19.1 Å². The molecule has 0 N–H and O–H groups in total. The summed E-state index contributed by atoms with van der Waals surface area (Å²) in [5, 5.41) is 11.4. The maximum atomic E-state index is 12.3. The van der Waals surface area contributed by atoms with Crippen LogP contribution in [0, 0.1) is 10.1 Å². The molecule has 0 aliphatic heterocycles. The van der Waals surface area contributed by atoms with Crippen molar-refractivity contribution >= 4 is 11.7 Å². The van der Waals surface area contributed by atoms with Crippen LogP contribution in [0.5, 0.6) is 34.5 Å². The normalized spacial score (nSPS) is 10.9. The molecule has 33 heavy (non-hydrogen) atoms. The number of carbonyl (C=O) groups is 1. The monoisotopic (exact) mass is 463 g/mol. The number of rotatable bonds is 8. The molecule has 0 aromatic heterocycles. The van der Waals surface area contributed by atoms with E-state index in [0.717, 1.165) is 18.2 Å². The van der Waals surface area contributed by atoms with Gasteiger partial charge < -0.3 is 18.9 Å². The van der Waals surface area contributed by atoms with Crippen LogP contribution < -0.4 is 18.9 Å². The van der Waals surface area contributed by atoms with Gasteiger partial charge in [-0.25, -0.2) is 0 Å². The summed E-state index contributed by atoms with van der Waals surface area (Å²) in [5.41, 5.74) is -0.382. The summed E-state index contributed by atoms with van der Waals surface area (Å²) in [6.07, 6.45) is -4.71. The number of nitrogens with zero attached hydrogens (tertiary/aromatic N) is 1. The Morgan fingerprint density at radius 2 is 1.48 bits per heavy atom. The number of nitro groups is 1. The predicted molar refractivity (Wildman–Crippen MR) is 109 cm³/mol. The average Bonchev–Trinajstić information content (AvgIpc) is 2.75. The number of nitro benzene ring substituents is 1. The molecule has 0 atom stereocenters. The van der Waals surface area contributed by atoms with Crippen molar-refractivity contribution in [2.45, 2.75) is 19.7 Å². The number of hydrogen-bond donors (Lipinski definition) is 0. The minimum atomic E-state index is -4.82. The minimum Gasteiger partial charge on any atom is -0.457 e. The van der Waals surface area contributed by atoms with Crippen LogP contribution in [0.3, 0.4) is 0 Å². The summed E-state index contributed by atoms with van der Waals surface area (Å²) < 4.78 is 57.0. The Balaban J connectivity index is 1.85. The summed E-state index contributed by atoms with van der Waals surface area (Å²) in [6.45, 7) is 1.61. The molecule has 172 valence electrons. The summed E-state index contributed by atoms with van der Waals surface area (Å²) in [7, 11) is 0. The topological polar surface area (TPSA) is 97.1 Å². The highest BCUT2D eigenvalue weighted by molar-refractivity contribution is 5.73. The first kappa shape index (κ1) is 23.4. The van der Waals surface area contributed by atoms with Crippen molar-refractivity contribution in [3.8, 4) is 34.5 Å². The van der Waals surface area contributed by atoms with Crippen LogP contribution in [0.2, 0.25) is 0 Å². The fourth-order valence-corrected chi connectivity index (χ4v) is 2.57. The molecule has 0 aliphatic carbocycles. The van der Waals surface area contributed by atoms with Crippen LogP contribution in [0.4, 0.5) is 18.9 Å². The van der Waals surface area contributed by atoms with E-state index in [9.17, 15) is 28.1 Å². The zero-order valence-electron chi connectivity index (χ0n) is 17.0. The predicted octanol–water partition coefficient (Wildman–Crippen LogP) is 6.39. The lowest BCUT2D eigenvalue weighted by molar-refractivity contribution is -0.385. The standard InChI is InChI=1S/C22H16F3NO7/c1-2-21(27)32-19-6-4-3-5-18(19)31-20-13-16(11-12-17(20)26(28)29)30-14-7-9-15(10-8-14)33-22(23,24)25/h3-13H,2H2,1H3. The van der Waals surface area contributed by atoms with Gasteiger partial charge in [0.2, 0.25) is 5.75 Å². The van der Waals surface area contributed by atoms with E-state index in [1.165, 1.54) is 36.4 Å². The molecular formula is C22H16F3NO7. The first-order valence-electron chi connectivity index (χ1n) is 9.44. The van der Waals surface area contributed by atoms with E-state index in [1.807, 2.05) is 0 Å². The molecule has 0 unspecified atom stereocenters. The van der Waals surface area contributed by atoms with Gasteiger partial charge >= 0.3 is 18.0 Å². The molecular weight excluding hydrogens is 447 g/mol. The Kier molecular flexibility index (Phi) is 7.01. The van der Waals surface area contributed by atoms with Crippen LogP contribution >= 0.6 is 0 Å². The molecule has 3 aromatic rings. The van der Waals surface area contributed by atoms with Crippen molar-refractivity contribution in [2.75, 3.05) is 0 Å². The van der Waals surface area contributed by atoms with Gasteiger partial charge in [0.1, 0.15) is 17.2 Å². The second-order valence-corrected chi connectivity index (χ2v) is 6.38. The molecule has 0 saturated heterocycles. The van der Waals surface area contributed by atoms with Gasteiger partial charge in [0.05, 0.1) is 4.92 Å². The number of carbonyl (C=O) groups excluding carboxylic acids is 1. The number of hydrogen-bond acceptors (Lipinski definition) is 7. The molecule has 0 amide bonds. The maximum Gasteiger partial charge on any atom is 0.573 e. The summed E-state index contributed by atoms with van der Waals surface area (Å²) >= 11 is 0. The highest BCUT2D eigenvalue weighted by Crippen LogP contribution is 2.39. The summed E-state index contributed by atoms with van der Waals surface area (Å²) in [6, 6.07) is 14.4. The molecule has 0 radical (unpaired) electrons. The second kappa shape index (κ2) is 9.90. The Hall–Kier alpha value is -4.28. The van der Waals surface area contributed by atoms with E-state index >= 15 is 0 Å². The minimum absolute atomic E-state index is 0.0632. The highest BCUT2D eigenvalue weighted by atomic mass is 19.4. The number of halogens is 3. The molecule has 0 spiro atoms. The first-order valence-corrected chi connectivity index (χ1v) is 9.44. The third-order valence-electron chi connectivity index (χ3n) is 4.00. The van der Waals surface area contributed by atoms with Crippen molar-refractivity contribution in [3.63, 3.8) is 0 Å². The van der Waals surface area contributed by atoms with E-state index in [-0.39, 0.29) is 40.9 Å². The molecule has 3 aromatic carbocycles. The van der Waals surface area contributed by atoms with Gasteiger partial charge in [0.25, 0.3) is 0 Å². The van der Waals surface area contributed by atoms with Crippen molar-refractivity contribution < 1.29 is 41.8 Å². The fraction of sp³-hybridized carbons (Fsp3) is 0.136. The lowest BCUT2D eigenvalue weighted by atomic mass is 10.2. The quantitative estimate of drug-likeness (QED) is 0.165. The average molecular weight is 463 g/mol. The zero-order valence-corrected chi connectivity index (χ0v) is 17.0. The van der Waals surface area contributed by atoms with Crippen LogP contribution in [0.25, 0.3) is 0 Å². The van der Waals surface area contributed by atoms with Gasteiger partial charge in [-0.1, -0.05) is 19.1 Å². The van der Waals surface area contributed by atoms with Gasteiger partial charge in [-0.3, -0.25) is 14.9 Å². The van der Waals surface area contributed by atoms with Crippen LogP contribution in [-0.2, 0) is 4.79 Å². The number of para-hydroxylation sites is 2. The van der Waals surface area contributed by atoms with Crippen molar-refractivity contribution in [2.24, 2.45) is 0 Å². The van der Waals surface area contributed by atoms with Crippen molar-refractivity contribution in [1.82, 2.24) is 0 Å². The number of esters is 1. The van der Waals surface area contributed by atoms with Crippen LogP contribution in [0.15, 0.2) is 66.7 Å². The van der Waals surface area contributed by atoms with E-state index in [4.69, 9.17) is 14.2 Å². The van der Waals surface area contributed by atoms with E-state index < -0.39 is 23.0 Å². The van der Waals surface area contributed by atoms with Gasteiger partial charge in [0, 0.05) is 18.6 Å². The Morgan fingerprint density at radius 1 is 0.879 bits per heavy atom.